The molecule has 0 heterocycles. The van der Waals surface area contributed by atoms with Crippen LogP contribution in [0.4, 0.5) is 0 Å². The molecular formula is C18H19O2P. The maximum absolute atomic E-state index is 2.23. The van der Waals surface area contributed by atoms with Crippen LogP contribution in [0.15, 0.2) is 91.0 Å². The van der Waals surface area contributed by atoms with Gasteiger partial charge in [0.1, 0.15) is 0 Å². The summed E-state index contributed by atoms with van der Waals surface area (Å²) >= 11 is 0. The SMILES string of the molecule is O.O.c1ccc(P(c2ccccc2)c2ccccc2)cc1. The van der Waals surface area contributed by atoms with Crippen LogP contribution < -0.4 is 15.9 Å². The molecule has 0 aliphatic carbocycles. The summed E-state index contributed by atoms with van der Waals surface area (Å²) in [6.07, 6.45) is 0. The minimum Gasteiger partial charge on any atom is -0.412 e. The lowest BCUT2D eigenvalue weighted by atomic mass is 10.4. The van der Waals surface area contributed by atoms with Gasteiger partial charge in [0, 0.05) is 0 Å². The number of benzene rings is 3. The molecule has 0 spiro atoms. The van der Waals surface area contributed by atoms with Gasteiger partial charge in [0.25, 0.3) is 0 Å². The third kappa shape index (κ3) is 3.99. The molecule has 3 heteroatoms. The van der Waals surface area contributed by atoms with Crippen LogP contribution >= 0.6 is 7.92 Å². The molecular weight excluding hydrogens is 279 g/mol. The summed E-state index contributed by atoms with van der Waals surface area (Å²) in [6.45, 7) is 0. The molecule has 0 radical (unpaired) electrons. The van der Waals surface area contributed by atoms with Crippen LogP contribution in [0.3, 0.4) is 0 Å². The number of rotatable bonds is 3. The van der Waals surface area contributed by atoms with Gasteiger partial charge in [-0.3, -0.25) is 0 Å². The van der Waals surface area contributed by atoms with Crippen molar-refractivity contribution in [2.45, 2.75) is 0 Å². The lowest BCUT2D eigenvalue weighted by Crippen LogP contribution is -2.20. The quantitative estimate of drug-likeness (QED) is 0.662. The van der Waals surface area contributed by atoms with E-state index >= 15 is 0 Å². The highest BCUT2D eigenvalue weighted by atomic mass is 31.1. The van der Waals surface area contributed by atoms with Crippen LogP contribution in [0, 0.1) is 0 Å². The van der Waals surface area contributed by atoms with Crippen molar-refractivity contribution in [3.05, 3.63) is 91.0 Å². The van der Waals surface area contributed by atoms with Crippen molar-refractivity contribution >= 4 is 23.8 Å². The first-order valence-corrected chi connectivity index (χ1v) is 7.74. The average Bonchev–Trinajstić information content (AvgIpc) is 2.51. The smallest absolute Gasteiger partial charge is 0.0134 e. The molecule has 3 rings (SSSR count). The van der Waals surface area contributed by atoms with Crippen LogP contribution in [0.2, 0.25) is 0 Å². The molecule has 108 valence electrons. The minimum absolute atomic E-state index is 0. The van der Waals surface area contributed by atoms with E-state index in [0.717, 1.165) is 0 Å². The van der Waals surface area contributed by atoms with E-state index in [2.05, 4.69) is 91.0 Å². The van der Waals surface area contributed by atoms with Crippen LogP contribution in [0.25, 0.3) is 0 Å². The van der Waals surface area contributed by atoms with E-state index < -0.39 is 7.92 Å². The maximum Gasteiger partial charge on any atom is -0.0134 e. The third-order valence-electron chi connectivity index (χ3n) is 3.04. The van der Waals surface area contributed by atoms with Crippen molar-refractivity contribution in [1.82, 2.24) is 0 Å². The van der Waals surface area contributed by atoms with Crippen LogP contribution in [0.5, 0.6) is 0 Å². The lowest BCUT2D eigenvalue weighted by molar-refractivity contribution is 0.823. The van der Waals surface area contributed by atoms with E-state index in [1.54, 1.807) is 0 Å². The van der Waals surface area contributed by atoms with Crippen molar-refractivity contribution < 1.29 is 11.0 Å². The molecule has 0 aliphatic rings. The van der Waals surface area contributed by atoms with E-state index in [1.165, 1.54) is 15.9 Å². The Morgan fingerprint density at radius 2 is 0.619 bits per heavy atom. The fraction of sp³-hybridized carbons (Fsp3) is 0. The Labute approximate surface area is 126 Å². The topological polar surface area (TPSA) is 63.0 Å². The highest BCUT2D eigenvalue weighted by molar-refractivity contribution is 7.79. The van der Waals surface area contributed by atoms with Gasteiger partial charge in [-0.1, -0.05) is 91.0 Å². The summed E-state index contributed by atoms with van der Waals surface area (Å²) in [5, 5.41) is 4.19. The molecule has 0 saturated carbocycles. The first-order valence-electron chi connectivity index (χ1n) is 6.40. The Morgan fingerprint density at radius 3 is 0.857 bits per heavy atom. The van der Waals surface area contributed by atoms with Gasteiger partial charge in [-0.05, 0) is 23.8 Å². The molecule has 0 saturated heterocycles. The summed E-state index contributed by atoms with van der Waals surface area (Å²) in [4.78, 5) is 0. The van der Waals surface area contributed by atoms with Crippen molar-refractivity contribution in [2.75, 3.05) is 0 Å². The van der Waals surface area contributed by atoms with Gasteiger partial charge < -0.3 is 11.0 Å². The van der Waals surface area contributed by atoms with E-state index in [-0.39, 0.29) is 11.0 Å². The van der Waals surface area contributed by atoms with E-state index in [0.29, 0.717) is 0 Å². The summed E-state index contributed by atoms with van der Waals surface area (Å²) in [5.74, 6) is 0. The van der Waals surface area contributed by atoms with Gasteiger partial charge in [-0.15, -0.1) is 0 Å². The van der Waals surface area contributed by atoms with Crippen molar-refractivity contribution in [3.8, 4) is 0 Å². The van der Waals surface area contributed by atoms with Crippen LogP contribution in [-0.2, 0) is 0 Å². The normalized spacial score (nSPS) is 9.57. The van der Waals surface area contributed by atoms with Gasteiger partial charge in [0.05, 0.1) is 0 Å². The standard InChI is InChI=1S/C18H15P.2H2O/c1-4-10-16(11-5-1)19(17-12-6-2-7-13-17)18-14-8-3-9-15-18;;/h1-15H;2*1H2. The molecule has 3 aromatic rings. The third-order valence-corrected chi connectivity index (χ3v) is 5.49. The summed E-state index contributed by atoms with van der Waals surface area (Å²) in [6, 6.07) is 32.3. The second-order valence-corrected chi connectivity index (χ2v) is 6.56. The Balaban J connectivity index is 0.00000110. The lowest BCUT2D eigenvalue weighted by Gasteiger charge is -2.18. The Bertz CT molecular complexity index is 533. The number of hydrogen-bond donors (Lipinski definition) is 0. The molecule has 0 fully saturated rings. The van der Waals surface area contributed by atoms with Gasteiger partial charge in [0.15, 0.2) is 0 Å². The highest BCUT2D eigenvalue weighted by Crippen LogP contribution is 2.32. The average molecular weight is 298 g/mol. The molecule has 0 aliphatic heterocycles. The van der Waals surface area contributed by atoms with Crippen molar-refractivity contribution in [2.24, 2.45) is 0 Å². The Hall–Kier alpha value is -1.99. The number of hydrogen-bond acceptors (Lipinski definition) is 0. The van der Waals surface area contributed by atoms with Gasteiger partial charge in [0.2, 0.25) is 0 Å². The van der Waals surface area contributed by atoms with Gasteiger partial charge in [-0.2, -0.15) is 0 Å². The molecule has 0 unspecified atom stereocenters. The first kappa shape index (κ1) is 17.1. The molecule has 0 aromatic heterocycles. The molecule has 2 nitrogen and oxygen atoms in total. The fourth-order valence-corrected chi connectivity index (χ4v) is 4.48. The van der Waals surface area contributed by atoms with E-state index in [9.17, 15) is 0 Å². The molecule has 21 heavy (non-hydrogen) atoms. The predicted octanol–water partition coefficient (Wildman–Crippen LogP) is 1.80. The van der Waals surface area contributed by atoms with Crippen molar-refractivity contribution in [3.63, 3.8) is 0 Å². The Morgan fingerprint density at radius 1 is 0.381 bits per heavy atom. The minimum atomic E-state index is -0.446. The van der Waals surface area contributed by atoms with E-state index in [1.807, 2.05) is 0 Å². The van der Waals surface area contributed by atoms with Gasteiger partial charge in [-0.25, -0.2) is 0 Å². The second-order valence-electron chi connectivity index (χ2n) is 4.34. The fourth-order valence-electron chi connectivity index (χ4n) is 2.18. The molecule has 4 N–H and O–H groups in total. The van der Waals surface area contributed by atoms with Gasteiger partial charge >= 0.3 is 0 Å². The maximum atomic E-state index is 2.23. The first-order chi connectivity index (χ1) is 9.45. The Kier molecular flexibility index (Phi) is 6.77. The largest absolute Gasteiger partial charge is 0.412 e. The molecule has 0 bridgehead atoms. The van der Waals surface area contributed by atoms with Crippen LogP contribution in [0.1, 0.15) is 0 Å². The monoisotopic (exact) mass is 298 g/mol. The van der Waals surface area contributed by atoms with Crippen molar-refractivity contribution in [1.29, 1.82) is 0 Å². The zero-order valence-electron chi connectivity index (χ0n) is 11.6. The zero-order valence-corrected chi connectivity index (χ0v) is 12.5. The summed E-state index contributed by atoms with van der Waals surface area (Å²) in [5.41, 5.74) is 0. The molecule has 0 atom stereocenters. The molecule has 0 amide bonds. The molecule has 3 aromatic carbocycles. The highest BCUT2D eigenvalue weighted by Gasteiger charge is 2.14. The van der Waals surface area contributed by atoms with Crippen LogP contribution in [-0.4, -0.2) is 11.0 Å². The predicted molar refractivity (Wildman–Crippen MR) is 92.4 cm³/mol. The zero-order chi connectivity index (χ0) is 12.9. The second kappa shape index (κ2) is 8.33. The summed E-state index contributed by atoms with van der Waals surface area (Å²) < 4.78 is 0. The summed E-state index contributed by atoms with van der Waals surface area (Å²) in [7, 11) is -0.446. The van der Waals surface area contributed by atoms with E-state index in [4.69, 9.17) is 0 Å².